The topological polar surface area (TPSA) is 38.8 Å². The summed E-state index contributed by atoms with van der Waals surface area (Å²) >= 11 is 3.46. The molecule has 138 valence electrons. The second kappa shape index (κ2) is 7.70. The summed E-state index contributed by atoms with van der Waals surface area (Å²) in [6.07, 6.45) is 1.74. The van der Waals surface area contributed by atoms with Crippen LogP contribution in [0.15, 0.2) is 53.0 Å². The lowest BCUT2D eigenvalue weighted by Crippen LogP contribution is -2.38. The molecule has 2 aromatic rings. The maximum Gasteiger partial charge on any atom is 0.415 e. The van der Waals surface area contributed by atoms with Gasteiger partial charge in [-0.15, -0.1) is 0 Å². The van der Waals surface area contributed by atoms with Crippen LogP contribution in [-0.4, -0.2) is 17.7 Å². The fraction of sp³-hybridized carbons (Fsp3) is 0.381. The highest BCUT2D eigenvalue weighted by Gasteiger charge is 2.36. The van der Waals surface area contributed by atoms with Gasteiger partial charge in [-0.25, -0.2) is 4.79 Å². The van der Waals surface area contributed by atoms with Gasteiger partial charge in [-0.05, 0) is 75.6 Å². The third-order valence-electron chi connectivity index (χ3n) is 3.91. The van der Waals surface area contributed by atoms with E-state index in [1.165, 1.54) is 0 Å². The van der Waals surface area contributed by atoms with E-state index < -0.39 is 5.60 Å². The summed E-state index contributed by atoms with van der Waals surface area (Å²) in [5, 5.41) is 0. The molecule has 1 saturated carbocycles. The molecule has 1 amide bonds. The van der Waals surface area contributed by atoms with Gasteiger partial charge in [0, 0.05) is 16.2 Å². The average molecular weight is 418 g/mol. The molecule has 1 aliphatic rings. The predicted molar refractivity (Wildman–Crippen MR) is 107 cm³/mol. The molecule has 0 spiro atoms. The lowest BCUT2D eigenvalue weighted by atomic mass is 10.2. The summed E-state index contributed by atoms with van der Waals surface area (Å²) in [7, 11) is 0. The first-order valence-corrected chi connectivity index (χ1v) is 9.61. The smallest absolute Gasteiger partial charge is 0.415 e. The van der Waals surface area contributed by atoms with Gasteiger partial charge < -0.3 is 9.47 Å². The second-order valence-corrected chi connectivity index (χ2v) is 8.41. The standard InChI is InChI=1S/C21H24BrNO3/c1-21(2,3)26-20(24)23(17-7-8-17)18-9-11-19(12-10-18)25-14-15-5-4-6-16(22)13-15/h4-6,9-13,17H,7-8,14H2,1-3H3. The molecule has 0 saturated heterocycles. The van der Waals surface area contributed by atoms with Gasteiger partial charge in [0.25, 0.3) is 0 Å². The average Bonchev–Trinajstić information content (AvgIpc) is 3.37. The number of benzene rings is 2. The van der Waals surface area contributed by atoms with Crippen molar-refractivity contribution in [2.24, 2.45) is 0 Å². The molecule has 1 fully saturated rings. The van der Waals surface area contributed by atoms with E-state index >= 15 is 0 Å². The zero-order valence-corrected chi connectivity index (χ0v) is 17.0. The Morgan fingerprint density at radius 2 is 1.85 bits per heavy atom. The SMILES string of the molecule is CC(C)(C)OC(=O)N(c1ccc(OCc2cccc(Br)c2)cc1)C1CC1. The minimum Gasteiger partial charge on any atom is -0.489 e. The van der Waals surface area contributed by atoms with Gasteiger partial charge in [-0.2, -0.15) is 0 Å². The second-order valence-electron chi connectivity index (χ2n) is 7.49. The molecular weight excluding hydrogens is 394 g/mol. The summed E-state index contributed by atoms with van der Waals surface area (Å²) in [5.74, 6) is 0.772. The molecule has 0 atom stereocenters. The van der Waals surface area contributed by atoms with Gasteiger partial charge in [0.05, 0.1) is 0 Å². The molecule has 5 heteroatoms. The summed E-state index contributed by atoms with van der Waals surface area (Å²) < 4.78 is 12.4. The fourth-order valence-corrected chi connectivity index (χ4v) is 3.05. The van der Waals surface area contributed by atoms with Crippen LogP contribution in [0.5, 0.6) is 5.75 Å². The highest BCUT2D eigenvalue weighted by atomic mass is 79.9. The van der Waals surface area contributed by atoms with E-state index in [9.17, 15) is 4.79 Å². The predicted octanol–water partition coefficient (Wildman–Crippen LogP) is 5.93. The van der Waals surface area contributed by atoms with Crippen LogP contribution in [-0.2, 0) is 11.3 Å². The highest BCUT2D eigenvalue weighted by Crippen LogP contribution is 2.34. The first-order chi connectivity index (χ1) is 12.3. The Morgan fingerprint density at radius 3 is 2.42 bits per heavy atom. The largest absolute Gasteiger partial charge is 0.489 e. The minimum absolute atomic E-state index is 0.235. The Kier molecular flexibility index (Phi) is 5.56. The van der Waals surface area contributed by atoms with Crippen molar-refractivity contribution < 1.29 is 14.3 Å². The number of hydrogen-bond donors (Lipinski definition) is 0. The Labute approximate surface area is 163 Å². The lowest BCUT2D eigenvalue weighted by molar-refractivity contribution is 0.0577. The van der Waals surface area contributed by atoms with E-state index in [0.29, 0.717) is 6.61 Å². The van der Waals surface area contributed by atoms with Gasteiger partial charge in [-0.1, -0.05) is 28.1 Å². The van der Waals surface area contributed by atoms with Crippen LogP contribution in [0.25, 0.3) is 0 Å². The Balaban J connectivity index is 1.66. The molecule has 0 aliphatic heterocycles. The number of carbonyl (C=O) groups excluding carboxylic acids is 1. The number of hydrogen-bond acceptors (Lipinski definition) is 3. The number of ether oxygens (including phenoxy) is 2. The summed E-state index contributed by atoms with van der Waals surface area (Å²) in [6, 6.07) is 15.9. The molecule has 2 aromatic carbocycles. The molecular formula is C21H24BrNO3. The number of rotatable bonds is 5. The number of halogens is 1. The third kappa shape index (κ3) is 5.24. The number of carbonyl (C=O) groups is 1. The number of nitrogens with zero attached hydrogens (tertiary/aromatic N) is 1. The lowest BCUT2D eigenvalue weighted by Gasteiger charge is -2.27. The Bertz CT molecular complexity index is 764. The van der Waals surface area contributed by atoms with E-state index in [4.69, 9.17) is 9.47 Å². The maximum absolute atomic E-state index is 12.5. The summed E-state index contributed by atoms with van der Waals surface area (Å²) in [6.45, 7) is 6.15. The molecule has 0 unspecified atom stereocenters. The Hall–Kier alpha value is -2.01. The van der Waals surface area contributed by atoms with Crippen LogP contribution in [0.2, 0.25) is 0 Å². The van der Waals surface area contributed by atoms with Crippen molar-refractivity contribution >= 4 is 27.7 Å². The minimum atomic E-state index is -0.503. The van der Waals surface area contributed by atoms with Crippen molar-refractivity contribution in [2.45, 2.75) is 51.9 Å². The number of amides is 1. The van der Waals surface area contributed by atoms with E-state index in [2.05, 4.69) is 15.9 Å². The van der Waals surface area contributed by atoms with Crippen LogP contribution >= 0.6 is 15.9 Å². The van der Waals surface area contributed by atoms with Gasteiger partial charge in [0.15, 0.2) is 0 Å². The molecule has 26 heavy (non-hydrogen) atoms. The molecule has 3 rings (SSSR count). The fourth-order valence-electron chi connectivity index (χ4n) is 2.61. The van der Waals surface area contributed by atoms with Gasteiger partial charge in [0.1, 0.15) is 18.0 Å². The van der Waals surface area contributed by atoms with Crippen molar-refractivity contribution in [1.82, 2.24) is 0 Å². The number of anilines is 1. The highest BCUT2D eigenvalue weighted by molar-refractivity contribution is 9.10. The van der Waals surface area contributed by atoms with E-state index in [1.807, 2.05) is 69.3 Å². The molecule has 0 radical (unpaired) electrons. The molecule has 4 nitrogen and oxygen atoms in total. The first-order valence-electron chi connectivity index (χ1n) is 8.81. The first kappa shape index (κ1) is 18.8. The molecule has 0 aromatic heterocycles. The van der Waals surface area contributed by atoms with Crippen molar-refractivity contribution in [1.29, 1.82) is 0 Å². The van der Waals surface area contributed by atoms with Crippen LogP contribution in [0, 0.1) is 0 Å². The summed E-state index contributed by atoms with van der Waals surface area (Å²) in [4.78, 5) is 14.3. The molecule has 0 heterocycles. The zero-order chi connectivity index (χ0) is 18.7. The maximum atomic E-state index is 12.5. The van der Waals surface area contributed by atoms with Crippen molar-refractivity contribution in [3.05, 3.63) is 58.6 Å². The third-order valence-corrected chi connectivity index (χ3v) is 4.40. The van der Waals surface area contributed by atoms with E-state index in [-0.39, 0.29) is 12.1 Å². The normalized spacial score (nSPS) is 14.0. The van der Waals surface area contributed by atoms with Gasteiger partial charge in [-0.3, -0.25) is 4.90 Å². The monoisotopic (exact) mass is 417 g/mol. The van der Waals surface area contributed by atoms with Crippen LogP contribution < -0.4 is 9.64 Å². The van der Waals surface area contributed by atoms with Crippen molar-refractivity contribution in [2.75, 3.05) is 4.90 Å². The summed E-state index contributed by atoms with van der Waals surface area (Å²) in [5.41, 5.74) is 1.44. The van der Waals surface area contributed by atoms with Gasteiger partial charge >= 0.3 is 6.09 Å². The quantitative estimate of drug-likeness (QED) is 0.604. The molecule has 0 bridgehead atoms. The van der Waals surface area contributed by atoms with Crippen molar-refractivity contribution in [3.8, 4) is 5.75 Å². The van der Waals surface area contributed by atoms with E-state index in [0.717, 1.165) is 34.3 Å². The van der Waals surface area contributed by atoms with Crippen LogP contribution in [0.4, 0.5) is 10.5 Å². The van der Waals surface area contributed by atoms with E-state index in [1.54, 1.807) is 4.90 Å². The zero-order valence-electron chi connectivity index (χ0n) is 15.4. The molecule has 1 aliphatic carbocycles. The van der Waals surface area contributed by atoms with Crippen LogP contribution in [0.3, 0.4) is 0 Å². The van der Waals surface area contributed by atoms with Crippen molar-refractivity contribution in [3.63, 3.8) is 0 Å². The Morgan fingerprint density at radius 1 is 1.15 bits per heavy atom. The molecule has 0 N–H and O–H groups in total. The van der Waals surface area contributed by atoms with Crippen LogP contribution in [0.1, 0.15) is 39.2 Å². The van der Waals surface area contributed by atoms with Gasteiger partial charge in [0.2, 0.25) is 0 Å².